The molecule has 1 amide bonds. The van der Waals surface area contributed by atoms with Crippen molar-refractivity contribution in [1.29, 1.82) is 0 Å². The normalized spacial score (nSPS) is 12.0. The summed E-state index contributed by atoms with van der Waals surface area (Å²) in [5.74, 6) is -0.0519. The summed E-state index contributed by atoms with van der Waals surface area (Å²) in [6.45, 7) is 4.56. The molecule has 3 rings (SSSR count). The summed E-state index contributed by atoms with van der Waals surface area (Å²) in [7, 11) is 1.86. The van der Waals surface area contributed by atoms with E-state index < -0.39 is 0 Å². The topological polar surface area (TPSA) is 38.1 Å². The lowest BCUT2D eigenvalue weighted by atomic mass is 10.1. The first kappa shape index (κ1) is 17.0. The zero-order valence-corrected chi connectivity index (χ0v) is 14.9. The average Bonchev–Trinajstić information content (AvgIpc) is 2.99. The third kappa shape index (κ3) is 3.79. The van der Waals surface area contributed by atoms with Crippen molar-refractivity contribution in [3.05, 3.63) is 89.2 Å². The van der Waals surface area contributed by atoms with E-state index in [1.54, 1.807) is 4.68 Å². The minimum atomic E-state index is -0.0519. The highest BCUT2D eigenvalue weighted by Gasteiger charge is 2.25. The zero-order valence-electron chi connectivity index (χ0n) is 14.9. The molecule has 0 radical (unpaired) electrons. The van der Waals surface area contributed by atoms with Gasteiger partial charge in [0.15, 0.2) is 5.69 Å². The van der Waals surface area contributed by atoms with Crippen molar-refractivity contribution in [2.24, 2.45) is 7.05 Å². The van der Waals surface area contributed by atoms with E-state index in [9.17, 15) is 4.79 Å². The van der Waals surface area contributed by atoms with Gasteiger partial charge in [0.1, 0.15) is 0 Å². The molecule has 0 unspecified atom stereocenters. The van der Waals surface area contributed by atoms with E-state index >= 15 is 0 Å². The SMILES string of the molecule is Cc1cc(C(=O)N(Cc2ccccc2)[C@@H](C)c2ccccc2)nn1C. The average molecular weight is 333 g/mol. The number of aryl methyl sites for hydroxylation is 2. The fraction of sp³-hybridized carbons (Fsp3) is 0.238. The first-order chi connectivity index (χ1) is 12.1. The lowest BCUT2D eigenvalue weighted by Gasteiger charge is -2.29. The summed E-state index contributed by atoms with van der Waals surface area (Å²) in [5, 5.41) is 4.37. The van der Waals surface area contributed by atoms with E-state index in [2.05, 4.69) is 24.2 Å². The molecule has 1 atom stereocenters. The molecule has 0 aliphatic rings. The molecule has 0 bridgehead atoms. The van der Waals surface area contributed by atoms with Crippen LogP contribution in [0.1, 0.15) is 40.3 Å². The third-order valence-electron chi connectivity index (χ3n) is 4.54. The van der Waals surface area contributed by atoms with E-state index in [-0.39, 0.29) is 11.9 Å². The van der Waals surface area contributed by atoms with Gasteiger partial charge < -0.3 is 4.90 Å². The number of nitrogens with zero attached hydrogens (tertiary/aromatic N) is 3. The molecule has 2 aromatic carbocycles. The number of rotatable bonds is 5. The molecule has 0 spiro atoms. The van der Waals surface area contributed by atoms with E-state index in [4.69, 9.17) is 0 Å². The molecular weight excluding hydrogens is 310 g/mol. The molecule has 4 heteroatoms. The number of carbonyl (C=O) groups is 1. The van der Waals surface area contributed by atoms with Crippen LogP contribution in [0.3, 0.4) is 0 Å². The van der Waals surface area contributed by atoms with Gasteiger partial charge in [-0.05, 0) is 31.0 Å². The van der Waals surface area contributed by atoms with Crippen molar-refractivity contribution < 1.29 is 4.79 Å². The van der Waals surface area contributed by atoms with Gasteiger partial charge in [-0.3, -0.25) is 9.48 Å². The van der Waals surface area contributed by atoms with Crippen LogP contribution in [0.4, 0.5) is 0 Å². The number of aromatic nitrogens is 2. The van der Waals surface area contributed by atoms with E-state index in [0.29, 0.717) is 12.2 Å². The maximum Gasteiger partial charge on any atom is 0.275 e. The zero-order chi connectivity index (χ0) is 17.8. The highest BCUT2D eigenvalue weighted by Crippen LogP contribution is 2.24. The van der Waals surface area contributed by atoms with Gasteiger partial charge in [0.25, 0.3) is 5.91 Å². The van der Waals surface area contributed by atoms with Gasteiger partial charge in [-0.15, -0.1) is 0 Å². The predicted octanol–water partition coefficient (Wildman–Crippen LogP) is 4.13. The Kier molecular flexibility index (Phi) is 4.98. The van der Waals surface area contributed by atoms with Crippen molar-refractivity contribution in [3.8, 4) is 0 Å². The largest absolute Gasteiger partial charge is 0.326 e. The number of carbonyl (C=O) groups excluding carboxylic acids is 1. The van der Waals surface area contributed by atoms with Crippen molar-refractivity contribution in [2.45, 2.75) is 26.4 Å². The maximum absolute atomic E-state index is 13.2. The van der Waals surface area contributed by atoms with Crippen molar-refractivity contribution in [1.82, 2.24) is 14.7 Å². The first-order valence-electron chi connectivity index (χ1n) is 8.46. The molecule has 0 saturated heterocycles. The minimum absolute atomic E-state index is 0.0452. The Balaban J connectivity index is 1.94. The summed E-state index contributed by atoms with van der Waals surface area (Å²) >= 11 is 0. The highest BCUT2D eigenvalue weighted by molar-refractivity contribution is 5.92. The predicted molar refractivity (Wildman–Crippen MR) is 99.1 cm³/mol. The van der Waals surface area contributed by atoms with Gasteiger partial charge >= 0.3 is 0 Å². The Morgan fingerprint density at radius 3 is 2.24 bits per heavy atom. The second-order valence-electron chi connectivity index (χ2n) is 6.30. The Morgan fingerprint density at radius 2 is 1.68 bits per heavy atom. The van der Waals surface area contributed by atoms with E-state index in [1.165, 1.54) is 0 Å². The molecule has 0 aliphatic carbocycles. The molecule has 0 fully saturated rings. The molecule has 4 nitrogen and oxygen atoms in total. The minimum Gasteiger partial charge on any atom is -0.326 e. The van der Waals surface area contributed by atoms with Crippen LogP contribution in [0.15, 0.2) is 66.7 Å². The molecule has 1 aromatic heterocycles. The van der Waals surface area contributed by atoms with E-state index in [0.717, 1.165) is 16.8 Å². The number of hydrogen-bond acceptors (Lipinski definition) is 2. The smallest absolute Gasteiger partial charge is 0.275 e. The lowest BCUT2D eigenvalue weighted by Crippen LogP contribution is -2.33. The van der Waals surface area contributed by atoms with Crippen LogP contribution in [0.5, 0.6) is 0 Å². The quantitative estimate of drug-likeness (QED) is 0.704. The summed E-state index contributed by atoms with van der Waals surface area (Å²) in [6, 6.07) is 22.0. The summed E-state index contributed by atoms with van der Waals surface area (Å²) in [6.07, 6.45) is 0. The Morgan fingerprint density at radius 1 is 1.08 bits per heavy atom. The van der Waals surface area contributed by atoms with Crippen LogP contribution >= 0.6 is 0 Å². The second kappa shape index (κ2) is 7.34. The van der Waals surface area contributed by atoms with Crippen LogP contribution in [0, 0.1) is 6.92 Å². The summed E-state index contributed by atoms with van der Waals surface area (Å²) in [5.41, 5.74) is 3.67. The lowest BCUT2D eigenvalue weighted by molar-refractivity contribution is 0.0667. The summed E-state index contributed by atoms with van der Waals surface area (Å²) in [4.78, 5) is 15.1. The third-order valence-corrected chi connectivity index (χ3v) is 4.54. The monoisotopic (exact) mass is 333 g/mol. The van der Waals surface area contributed by atoms with Crippen LogP contribution in [0.25, 0.3) is 0 Å². The van der Waals surface area contributed by atoms with Crippen molar-refractivity contribution in [2.75, 3.05) is 0 Å². The molecule has 0 N–H and O–H groups in total. The Hall–Kier alpha value is -2.88. The van der Waals surface area contributed by atoms with Gasteiger partial charge in [0.2, 0.25) is 0 Å². The molecule has 0 saturated carbocycles. The standard InChI is InChI=1S/C21H23N3O/c1-16-14-20(22-23(16)3)21(25)24(15-18-10-6-4-7-11-18)17(2)19-12-8-5-9-13-19/h4-14,17H,15H2,1-3H3/t17-/m0/s1. The highest BCUT2D eigenvalue weighted by atomic mass is 16.2. The Labute approximate surface area is 148 Å². The van der Waals surface area contributed by atoms with Gasteiger partial charge in [0.05, 0.1) is 6.04 Å². The van der Waals surface area contributed by atoms with Crippen LogP contribution < -0.4 is 0 Å². The summed E-state index contributed by atoms with van der Waals surface area (Å²) < 4.78 is 1.74. The fourth-order valence-corrected chi connectivity index (χ4v) is 2.89. The van der Waals surface area contributed by atoms with Gasteiger partial charge in [0, 0.05) is 19.3 Å². The van der Waals surface area contributed by atoms with Crippen LogP contribution in [-0.4, -0.2) is 20.6 Å². The maximum atomic E-state index is 13.2. The first-order valence-corrected chi connectivity index (χ1v) is 8.46. The second-order valence-corrected chi connectivity index (χ2v) is 6.30. The van der Waals surface area contributed by atoms with Crippen molar-refractivity contribution >= 4 is 5.91 Å². The number of amides is 1. The van der Waals surface area contributed by atoms with Crippen molar-refractivity contribution in [3.63, 3.8) is 0 Å². The molecule has 0 aliphatic heterocycles. The molecular formula is C21H23N3O. The number of benzene rings is 2. The molecule has 128 valence electrons. The van der Waals surface area contributed by atoms with Gasteiger partial charge in [-0.2, -0.15) is 5.10 Å². The molecule has 1 heterocycles. The van der Waals surface area contributed by atoms with Crippen LogP contribution in [0.2, 0.25) is 0 Å². The Bertz CT molecular complexity index is 821. The van der Waals surface area contributed by atoms with Gasteiger partial charge in [-0.25, -0.2) is 0 Å². The van der Waals surface area contributed by atoms with E-state index in [1.807, 2.05) is 73.5 Å². The molecule has 3 aromatic rings. The molecule has 25 heavy (non-hydrogen) atoms. The van der Waals surface area contributed by atoms with Gasteiger partial charge in [-0.1, -0.05) is 60.7 Å². The fourth-order valence-electron chi connectivity index (χ4n) is 2.89. The number of hydrogen-bond donors (Lipinski definition) is 0. The van der Waals surface area contributed by atoms with Crippen LogP contribution in [-0.2, 0) is 13.6 Å².